The summed E-state index contributed by atoms with van der Waals surface area (Å²) in [5.41, 5.74) is 1.81. The van der Waals surface area contributed by atoms with Gasteiger partial charge >= 0.3 is 0 Å². The molecule has 1 saturated heterocycles. The third-order valence-corrected chi connectivity index (χ3v) is 4.18. The van der Waals surface area contributed by atoms with Crippen molar-refractivity contribution in [3.05, 3.63) is 52.6 Å². The number of rotatable bonds is 5. The number of carbonyl (C=O) groups excluding carboxylic acids is 1. The fraction of sp³-hybridized carbons (Fsp3) is 0.353. The van der Waals surface area contributed by atoms with Gasteiger partial charge in [-0.25, -0.2) is 14.4 Å². The maximum atomic E-state index is 12.9. The fourth-order valence-corrected chi connectivity index (χ4v) is 2.92. The molecule has 1 atom stereocenters. The van der Waals surface area contributed by atoms with E-state index in [1.807, 2.05) is 0 Å². The smallest absolute Gasteiger partial charge is 0.224 e. The lowest BCUT2D eigenvalue weighted by Gasteiger charge is -2.22. The first-order valence-electron chi connectivity index (χ1n) is 7.89. The second kappa shape index (κ2) is 7.57. The average molecular weight is 349 g/mol. The summed E-state index contributed by atoms with van der Waals surface area (Å²) in [4.78, 5) is 20.2. The molecule has 5 nitrogen and oxygen atoms in total. The highest BCUT2D eigenvalue weighted by molar-refractivity contribution is 6.29. The molecule has 1 fully saturated rings. The Hall–Kier alpha value is -2.21. The Morgan fingerprint density at radius 3 is 2.83 bits per heavy atom. The third kappa shape index (κ3) is 4.41. The lowest BCUT2D eigenvalue weighted by Crippen LogP contribution is -2.33. The molecule has 1 aliphatic rings. The van der Waals surface area contributed by atoms with Crippen molar-refractivity contribution < 1.29 is 9.18 Å². The zero-order valence-corrected chi connectivity index (χ0v) is 13.8. The van der Waals surface area contributed by atoms with Crippen LogP contribution < -0.4 is 10.6 Å². The van der Waals surface area contributed by atoms with Crippen molar-refractivity contribution in [3.63, 3.8) is 0 Å². The molecule has 1 aromatic carbocycles. The van der Waals surface area contributed by atoms with Crippen LogP contribution in [-0.2, 0) is 11.2 Å². The zero-order chi connectivity index (χ0) is 16.9. The van der Waals surface area contributed by atoms with Crippen molar-refractivity contribution in [2.24, 2.45) is 0 Å². The van der Waals surface area contributed by atoms with Crippen molar-refractivity contribution in [1.82, 2.24) is 15.3 Å². The SMILES string of the molecule is O=C1C[C@@H](c2cc(Cl)nc(NCCc3ccc(F)cc3)n2)CCN1. The van der Waals surface area contributed by atoms with Gasteiger partial charge in [0.15, 0.2) is 0 Å². The number of nitrogens with zero attached hydrogens (tertiary/aromatic N) is 2. The van der Waals surface area contributed by atoms with Gasteiger partial charge < -0.3 is 10.6 Å². The minimum absolute atomic E-state index is 0.0341. The van der Waals surface area contributed by atoms with Crippen LogP contribution in [0.1, 0.15) is 30.0 Å². The normalized spacial score (nSPS) is 17.4. The van der Waals surface area contributed by atoms with E-state index in [2.05, 4.69) is 20.6 Å². The van der Waals surface area contributed by atoms with Gasteiger partial charge in [0, 0.05) is 25.4 Å². The van der Waals surface area contributed by atoms with Crippen molar-refractivity contribution in [1.29, 1.82) is 0 Å². The summed E-state index contributed by atoms with van der Waals surface area (Å²) in [6.45, 7) is 1.26. The zero-order valence-electron chi connectivity index (χ0n) is 13.1. The lowest BCUT2D eigenvalue weighted by molar-refractivity contribution is -0.122. The quantitative estimate of drug-likeness (QED) is 0.815. The van der Waals surface area contributed by atoms with E-state index in [9.17, 15) is 9.18 Å². The Balaban J connectivity index is 1.63. The van der Waals surface area contributed by atoms with Gasteiger partial charge in [-0.15, -0.1) is 0 Å². The van der Waals surface area contributed by atoms with Crippen LogP contribution in [-0.4, -0.2) is 29.0 Å². The number of amides is 1. The van der Waals surface area contributed by atoms with Gasteiger partial charge in [-0.05, 0) is 36.6 Å². The van der Waals surface area contributed by atoms with E-state index >= 15 is 0 Å². The molecule has 2 heterocycles. The summed E-state index contributed by atoms with van der Waals surface area (Å²) in [7, 11) is 0. The summed E-state index contributed by atoms with van der Waals surface area (Å²) < 4.78 is 12.9. The van der Waals surface area contributed by atoms with Crippen LogP contribution in [0, 0.1) is 5.82 Å². The summed E-state index contributed by atoms with van der Waals surface area (Å²) in [5, 5.41) is 6.30. The van der Waals surface area contributed by atoms with Gasteiger partial charge in [-0.2, -0.15) is 0 Å². The van der Waals surface area contributed by atoms with Crippen molar-refractivity contribution in [3.8, 4) is 0 Å². The fourth-order valence-electron chi connectivity index (χ4n) is 2.73. The number of halogens is 2. The van der Waals surface area contributed by atoms with Gasteiger partial charge in [0.05, 0.1) is 5.69 Å². The number of piperidine rings is 1. The Kier molecular flexibility index (Phi) is 5.25. The van der Waals surface area contributed by atoms with Crippen molar-refractivity contribution in [2.75, 3.05) is 18.4 Å². The molecule has 2 N–H and O–H groups in total. The predicted molar refractivity (Wildman–Crippen MR) is 90.6 cm³/mol. The topological polar surface area (TPSA) is 66.9 Å². The second-order valence-electron chi connectivity index (χ2n) is 5.78. The average Bonchev–Trinajstić information content (AvgIpc) is 2.56. The minimum Gasteiger partial charge on any atom is -0.356 e. The molecule has 3 rings (SSSR count). The number of nitrogens with one attached hydrogen (secondary N) is 2. The molecule has 1 aromatic heterocycles. The Labute approximate surface area is 144 Å². The van der Waals surface area contributed by atoms with E-state index in [-0.39, 0.29) is 17.6 Å². The van der Waals surface area contributed by atoms with E-state index in [0.29, 0.717) is 30.6 Å². The molecule has 1 aliphatic heterocycles. The van der Waals surface area contributed by atoms with E-state index in [1.165, 1.54) is 12.1 Å². The maximum absolute atomic E-state index is 12.9. The predicted octanol–water partition coefficient (Wildman–Crippen LogP) is 2.92. The highest BCUT2D eigenvalue weighted by Gasteiger charge is 2.22. The molecule has 0 radical (unpaired) electrons. The Bertz CT molecular complexity index is 723. The Morgan fingerprint density at radius 1 is 1.29 bits per heavy atom. The van der Waals surface area contributed by atoms with Crippen LogP contribution >= 0.6 is 11.6 Å². The van der Waals surface area contributed by atoms with Gasteiger partial charge in [0.2, 0.25) is 11.9 Å². The summed E-state index contributed by atoms with van der Waals surface area (Å²) in [6.07, 6.45) is 1.98. The number of aromatic nitrogens is 2. The number of hydrogen-bond donors (Lipinski definition) is 2. The highest BCUT2D eigenvalue weighted by Crippen LogP contribution is 2.26. The molecular weight excluding hydrogens is 331 g/mol. The Morgan fingerprint density at radius 2 is 2.08 bits per heavy atom. The largest absolute Gasteiger partial charge is 0.356 e. The third-order valence-electron chi connectivity index (χ3n) is 3.99. The molecule has 126 valence electrons. The van der Waals surface area contributed by atoms with Crippen molar-refractivity contribution >= 4 is 23.5 Å². The summed E-state index contributed by atoms with van der Waals surface area (Å²) >= 11 is 6.09. The molecule has 0 spiro atoms. The molecule has 0 aliphatic carbocycles. The highest BCUT2D eigenvalue weighted by atomic mass is 35.5. The number of benzene rings is 1. The van der Waals surface area contributed by atoms with Gasteiger partial charge in [0.25, 0.3) is 0 Å². The maximum Gasteiger partial charge on any atom is 0.224 e. The van der Waals surface area contributed by atoms with Gasteiger partial charge in [-0.3, -0.25) is 4.79 Å². The number of anilines is 1. The van der Waals surface area contributed by atoms with Crippen LogP contribution in [0.4, 0.5) is 10.3 Å². The number of hydrogen-bond acceptors (Lipinski definition) is 4. The van der Waals surface area contributed by atoms with Gasteiger partial charge in [-0.1, -0.05) is 23.7 Å². The van der Waals surface area contributed by atoms with Crippen LogP contribution in [0.25, 0.3) is 0 Å². The van der Waals surface area contributed by atoms with Gasteiger partial charge in [0.1, 0.15) is 11.0 Å². The second-order valence-corrected chi connectivity index (χ2v) is 6.17. The van der Waals surface area contributed by atoms with E-state index in [4.69, 9.17) is 11.6 Å². The first kappa shape index (κ1) is 16.6. The number of carbonyl (C=O) groups is 1. The molecule has 7 heteroatoms. The standard InChI is InChI=1S/C17H18ClFN4O/c18-15-10-14(12-6-8-20-16(24)9-12)22-17(23-15)21-7-5-11-1-3-13(19)4-2-11/h1-4,10,12H,5-9H2,(H,20,24)(H,21,22,23)/t12-/m0/s1. The van der Waals surface area contributed by atoms with E-state index < -0.39 is 0 Å². The van der Waals surface area contributed by atoms with Crippen molar-refractivity contribution in [2.45, 2.75) is 25.2 Å². The minimum atomic E-state index is -0.244. The molecule has 0 unspecified atom stereocenters. The summed E-state index contributed by atoms with van der Waals surface area (Å²) in [5.74, 6) is 0.306. The molecular formula is C17H18ClFN4O. The molecule has 1 amide bonds. The summed E-state index contributed by atoms with van der Waals surface area (Å²) in [6, 6.07) is 8.11. The lowest BCUT2D eigenvalue weighted by atomic mass is 9.94. The molecule has 2 aromatic rings. The monoisotopic (exact) mass is 348 g/mol. The molecule has 0 saturated carbocycles. The first-order chi connectivity index (χ1) is 11.6. The van der Waals surface area contributed by atoms with E-state index in [1.54, 1.807) is 18.2 Å². The van der Waals surface area contributed by atoms with Crippen LogP contribution in [0.3, 0.4) is 0 Å². The molecule has 0 bridgehead atoms. The van der Waals surface area contributed by atoms with Crippen LogP contribution in [0.2, 0.25) is 5.15 Å². The van der Waals surface area contributed by atoms with Crippen LogP contribution in [0.5, 0.6) is 0 Å². The molecule has 24 heavy (non-hydrogen) atoms. The van der Waals surface area contributed by atoms with E-state index in [0.717, 1.165) is 24.1 Å². The first-order valence-corrected chi connectivity index (χ1v) is 8.27. The van der Waals surface area contributed by atoms with Crippen LogP contribution in [0.15, 0.2) is 30.3 Å².